The Balaban J connectivity index is 2.20. The van der Waals surface area contributed by atoms with Crippen LogP contribution < -0.4 is 0 Å². The van der Waals surface area contributed by atoms with Crippen molar-refractivity contribution >= 4 is 56.6 Å². The van der Waals surface area contributed by atoms with Crippen LogP contribution in [0.4, 0.5) is 4.39 Å². The molecular formula is C14H11ClFIN2S. The van der Waals surface area contributed by atoms with Crippen LogP contribution in [0.15, 0.2) is 29.0 Å². The Morgan fingerprint density at radius 3 is 2.95 bits per heavy atom. The lowest BCUT2D eigenvalue weighted by Gasteiger charge is -2.09. The van der Waals surface area contributed by atoms with Crippen molar-refractivity contribution in [3.63, 3.8) is 0 Å². The van der Waals surface area contributed by atoms with Gasteiger partial charge in [0.15, 0.2) is 0 Å². The normalized spacial score (nSPS) is 13.0. The van der Waals surface area contributed by atoms with Gasteiger partial charge in [0, 0.05) is 6.07 Å². The van der Waals surface area contributed by atoms with Gasteiger partial charge in [0.05, 0.1) is 26.5 Å². The third-order valence-electron chi connectivity index (χ3n) is 3.10. The number of alkyl halides is 1. The van der Waals surface area contributed by atoms with Crippen molar-refractivity contribution in [1.82, 2.24) is 9.55 Å². The fourth-order valence-corrected chi connectivity index (χ4v) is 3.45. The Hall–Kier alpha value is -0.660. The molecule has 0 bridgehead atoms. The number of rotatable bonds is 3. The van der Waals surface area contributed by atoms with Crippen LogP contribution in [-0.2, 0) is 6.54 Å². The lowest BCUT2D eigenvalue weighted by molar-refractivity contribution is 0.620. The van der Waals surface area contributed by atoms with E-state index in [1.54, 1.807) is 23.5 Å². The molecule has 0 N–H and O–H groups in total. The maximum Gasteiger partial charge on any atom is 0.138 e. The second kappa shape index (κ2) is 5.61. The smallest absolute Gasteiger partial charge is 0.138 e. The molecule has 2 aromatic heterocycles. The largest absolute Gasteiger partial charge is 0.322 e. The molecule has 3 rings (SSSR count). The maximum absolute atomic E-state index is 13.8. The van der Waals surface area contributed by atoms with E-state index in [0.717, 1.165) is 16.9 Å². The number of hydrogen-bond donors (Lipinski definition) is 0. The quantitative estimate of drug-likeness (QED) is 0.421. The van der Waals surface area contributed by atoms with Crippen LogP contribution >= 0.6 is 45.5 Å². The Labute approximate surface area is 138 Å². The molecule has 1 aromatic carbocycles. The average Bonchev–Trinajstić information content (AvgIpc) is 3.00. The highest BCUT2D eigenvalue weighted by Crippen LogP contribution is 2.28. The minimum Gasteiger partial charge on any atom is -0.322 e. The Morgan fingerprint density at radius 1 is 1.50 bits per heavy atom. The molecular weight excluding hydrogens is 410 g/mol. The SMILES string of the molecule is CC(Cl)c1nc2cc(I)c(F)cc2n1Cc1ccsc1. The first-order valence-corrected chi connectivity index (χ1v) is 8.52. The molecule has 0 saturated carbocycles. The van der Waals surface area contributed by atoms with Crippen LogP contribution in [0.3, 0.4) is 0 Å². The predicted octanol–water partition coefficient (Wildman–Crippen LogP) is 5.19. The molecule has 1 atom stereocenters. The summed E-state index contributed by atoms with van der Waals surface area (Å²) in [6.45, 7) is 2.54. The third-order valence-corrected chi connectivity index (χ3v) is 4.85. The zero-order chi connectivity index (χ0) is 14.3. The van der Waals surface area contributed by atoms with Gasteiger partial charge in [-0.25, -0.2) is 9.37 Å². The van der Waals surface area contributed by atoms with E-state index in [1.807, 2.05) is 39.5 Å². The first-order valence-electron chi connectivity index (χ1n) is 6.06. The van der Waals surface area contributed by atoms with E-state index in [-0.39, 0.29) is 11.2 Å². The zero-order valence-corrected chi connectivity index (χ0v) is 14.3. The summed E-state index contributed by atoms with van der Waals surface area (Å²) in [6, 6.07) is 5.36. The highest BCUT2D eigenvalue weighted by Gasteiger charge is 2.17. The van der Waals surface area contributed by atoms with Gasteiger partial charge in [-0.1, -0.05) is 0 Å². The van der Waals surface area contributed by atoms with E-state index in [4.69, 9.17) is 11.6 Å². The molecule has 104 valence electrons. The number of benzene rings is 1. The zero-order valence-electron chi connectivity index (χ0n) is 10.6. The second-order valence-corrected chi connectivity index (χ2v) is 7.16. The van der Waals surface area contributed by atoms with Crippen molar-refractivity contribution in [3.8, 4) is 0 Å². The minimum atomic E-state index is -0.224. The van der Waals surface area contributed by atoms with E-state index in [1.165, 1.54) is 5.56 Å². The van der Waals surface area contributed by atoms with E-state index >= 15 is 0 Å². The highest BCUT2D eigenvalue weighted by atomic mass is 127. The van der Waals surface area contributed by atoms with E-state index < -0.39 is 0 Å². The van der Waals surface area contributed by atoms with Crippen molar-refractivity contribution in [2.45, 2.75) is 18.8 Å². The van der Waals surface area contributed by atoms with Crippen molar-refractivity contribution in [1.29, 1.82) is 0 Å². The lowest BCUT2D eigenvalue weighted by atomic mass is 10.3. The van der Waals surface area contributed by atoms with Gasteiger partial charge in [-0.05, 0) is 58.0 Å². The van der Waals surface area contributed by atoms with Gasteiger partial charge in [0.1, 0.15) is 11.6 Å². The van der Waals surface area contributed by atoms with Gasteiger partial charge in [-0.3, -0.25) is 0 Å². The molecule has 0 aliphatic rings. The van der Waals surface area contributed by atoms with Gasteiger partial charge < -0.3 is 4.57 Å². The number of fused-ring (bicyclic) bond motifs is 1. The Bertz CT molecular complexity index is 752. The Morgan fingerprint density at radius 2 is 2.30 bits per heavy atom. The lowest BCUT2D eigenvalue weighted by Crippen LogP contribution is -2.05. The molecule has 0 aliphatic carbocycles. The number of hydrogen-bond acceptors (Lipinski definition) is 2. The molecule has 1 unspecified atom stereocenters. The molecule has 0 amide bonds. The van der Waals surface area contributed by atoms with Gasteiger partial charge in [-0.15, -0.1) is 11.6 Å². The summed E-state index contributed by atoms with van der Waals surface area (Å²) in [5.41, 5.74) is 2.75. The molecule has 0 fully saturated rings. The molecule has 0 aliphatic heterocycles. The van der Waals surface area contributed by atoms with E-state index in [9.17, 15) is 4.39 Å². The molecule has 0 radical (unpaired) electrons. The van der Waals surface area contributed by atoms with E-state index in [2.05, 4.69) is 16.4 Å². The topological polar surface area (TPSA) is 17.8 Å². The van der Waals surface area contributed by atoms with Gasteiger partial charge in [0.25, 0.3) is 0 Å². The monoisotopic (exact) mass is 420 g/mol. The van der Waals surface area contributed by atoms with Gasteiger partial charge in [0.2, 0.25) is 0 Å². The summed E-state index contributed by atoms with van der Waals surface area (Å²) in [7, 11) is 0. The molecule has 3 aromatic rings. The molecule has 0 saturated heterocycles. The molecule has 20 heavy (non-hydrogen) atoms. The van der Waals surface area contributed by atoms with Crippen molar-refractivity contribution < 1.29 is 4.39 Å². The molecule has 2 nitrogen and oxygen atoms in total. The average molecular weight is 421 g/mol. The van der Waals surface area contributed by atoms with Crippen molar-refractivity contribution in [3.05, 3.63) is 49.7 Å². The summed E-state index contributed by atoms with van der Waals surface area (Å²) >= 11 is 9.85. The molecule has 6 heteroatoms. The number of halogens is 3. The number of nitrogens with zero attached hydrogens (tertiary/aromatic N) is 2. The fourth-order valence-electron chi connectivity index (χ4n) is 2.17. The first kappa shape index (κ1) is 14.3. The van der Waals surface area contributed by atoms with Crippen LogP contribution in [0.2, 0.25) is 0 Å². The van der Waals surface area contributed by atoms with Crippen LogP contribution in [0.5, 0.6) is 0 Å². The fraction of sp³-hybridized carbons (Fsp3) is 0.214. The second-order valence-electron chi connectivity index (χ2n) is 4.56. The van der Waals surface area contributed by atoms with Crippen LogP contribution in [0.25, 0.3) is 11.0 Å². The number of imidazole rings is 1. The maximum atomic E-state index is 13.8. The standard InChI is InChI=1S/C14H11ClFIN2S/c1-8(15)14-18-12-5-11(17)10(16)4-13(12)19(14)6-9-2-3-20-7-9/h2-5,7-8H,6H2,1H3. The van der Waals surface area contributed by atoms with Crippen LogP contribution in [0, 0.1) is 9.39 Å². The number of aromatic nitrogens is 2. The van der Waals surface area contributed by atoms with Crippen LogP contribution in [0.1, 0.15) is 23.7 Å². The predicted molar refractivity (Wildman–Crippen MR) is 90.1 cm³/mol. The highest BCUT2D eigenvalue weighted by molar-refractivity contribution is 14.1. The summed E-state index contributed by atoms with van der Waals surface area (Å²) in [6.07, 6.45) is 0. The summed E-state index contributed by atoms with van der Waals surface area (Å²) in [4.78, 5) is 4.56. The summed E-state index contributed by atoms with van der Waals surface area (Å²) in [5, 5.41) is 3.89. The van der Waals surface area contributed by atoms with Crippen LogP contribution in [-0.4, -0.2) is 9.55 Å². The number of thiophene rings is 1. The first-order chi connectivity index (χ1) is 9.56. The Kier molecular flexibility index (Phi) is 4.01. The van der Waals surface area contributed by atoms with E-state index in [0.29, 0.717) is 10.1 Å². The molecule has 0 spiro atoms. The minimum absolute atomic E-state index is 0.221. The summed E-state index contributed by atoms with van der Waals surface area (Å²) < 4.78 is 16.4. The van der Waals surface area contributed by atoms with Crippen molar-refractivity contribution in [2.75, 3.05) is 0 Å². The third kappa shape index (κ3) is 2.58. The van der Waals surface area contributed by atoms with Crippen molar-refractivity contribution in [2.24, 2.45) is 0 Å². The van der Waals surface area contributed by atoms with Gasteiger partial charge in [-0.2, -0.15) is 11.3 Å². The van der Waals surface area contributed by atoms with Gasteiger partial charge >= 0.3 is 0 Å². The summed E-state index contributed by atoms with van der Waals surface area (Å²) in [5.74, 6) is 0.549. The molecule has 2 heterocycles.